The molecule has 5 heterocycles. The maximum absolute atomic E-state index is 13.8. The molecule has 0 aromatic carbocycles. The Morgan fingerprint density at radius 3 is 2.68 bits per heavy atom. The summed E-state index contributed by atoms with van der Waals surface area (Å²) in [7, 11) is 0. The van der Waals surface area contributed by atoms with Gasteiger partial charge in [-0.1, -0.05) is 25.3 Å². The highest BCUT2D eigenvalue weighted by molar-refractivity contribution is 7.13. The van der Waals surface area contributed by atoms with Gasteiger partial charge in [-0.25, -0.2) is 9.67 Å². The molecular weight excluding hydrogens is 448 g/mol. The highest BCUT2D eigenvalue weighted by Crippen LogP contribution is 2.38. The quantitative estimate of drug-likeness (QED) is 0.601. The van der Waals surface area contributed by atoms with Crippen LogP contribution in [0.4, 0.5) is 0 Å². The maximum Gasteiger partial charge on any atom is 0.254 e. The SMILES string of the molecule is CCn1ncc2c(C(=O)N3CCC4(CC3)NC(=O)C3(CCCCC3)N4)cc(-c3cccs3)nc21. The minimum atomic E-state index is -0.411. The molecule has 34 heavy (non-hydrogen) atoms. The molecule has 2 spiro atoms. The van der Waals surface area contributed by atoms with Crippen LogP contribution in [-0.2, 0) is 11.3 Å². The summed E-state index contributed by atoms with van der Waals surface area (Å²) >= 11 is 1.61. The van der Waals surface area contributed by atoms with Crippen molar-refractivity contribution >= 4 is 34.2 Å². The molecule has 3 aromatic heterocycles. The summed E-state index contributed by atoms with van der Waals surface area (Å²) in [4.78, 5) is 34.5. The minimum Gasteiger partial charge on any atom is -0.338 e. The van der Waals surface area contributed by atoms with Gasteiger partial charge in [-0.3, -0.25) is 14.9 Å². The highest BCUT2D eigenvalue weighted by atomic mass is 32.1. The van der Waals surface area contributed by atoms with Crippen molar-refractivity contribution in [2.45, 2.75) is 69.6 Å². The lowest BCUT2D eigenvalue weighted by Gasteiger charge is -2.41. The molecule has 3 aromatic rings. The second-order valence-corrected chi connectivity index (χ2v) is 10.8. The molecule has 3 aliphatic rings. The molecule has 0 bridgehead atoms. The number of carbonyl (C=O) groups is 2. The Morgan fingerprint density at radius 1 is 1.18 bits per heavy atom. The number of nitrogens with one attached hydrogen (secondary N) is 2. The lowest BCUT2D eigenvalue weighted by atomic mass is 9.81. The molecular formula is C25H30N6O2S. The van der Waals surface area contributed by atoms with Crippen molar-refractivity contribution in [2.24, 2.45) is 0 Å². The zero-order valence-corrected chi connectivity index (χ0v) is 20.3. The van der Waals surface area contributed by atoms with Crippen LogP contribution >= 0.6 is 11.3 Å². The molecule has 178 valence electrons. The molecule has 3 fully saturated rings. The third kappa shape index (κ3) is 3.44. The summed E-state index contributed by atoms with van der Waals surface area (Å²) in [5.41, 5.74) is 1.39. The number of aryl methyl sites for hydroxylation is 1. The summed E-state index contributed by atoms with van der Waals surface area (Å²) < 4.78 is 1.84. The number of pyridine rings is 1. The molecule has 2 aliphatic heterocycles. The van der Waals surface area contributed by atoms with E-state index in [0.717, 1.165) is 47.3 Å². The Hall–Kier alpha value is -2.78. The third-order valence-electron chi connectivity index (χ3n) is 7.79. The van der Waals surface area contributed by atoms with Gasteiger partial charge < -0.3 is 10.2 Å². The van der Waals surface area contributed by atoms with Crippen molar-refractivity contribution in [3.63, 3.8) is 0 Å². The second-order valence-electron chi connectivity index (χ2n) is 9.83. The van der Waals surface area contributed by atoms with Crippen molar-refractivity contribution in [1.29, 1.82) is 0 Å². The zero-order valence-electron chi connectivity index (χ0n) is 19.5. The number of hydrogen-bond acceptors (Lipinski definition) is 6. The standard InChI is InChI=1S/C25H30N6O2S/c1-2-31-21-18(16-26-31)17(15-19(27-21)20-7-6-14-34-20)22(32)30-12-10-25(11-13-30)28-23(33)24(29-25)8-4-3-5-9-24/h6-7,14-16,29H,2-5,8-13H2,1H3,(H,28,33). The van der Waals surface area contributed by atoms with Crippen LogP contribution < -0.4 is 10.6 Å². The molecule has 2 amide bonds. The number of piperidine rings is 1. The van der Waals surface area contributed by atoms with E-state index in [9.17, 15) is 9.59 Å². The van der Waals surface area contributed by atoms with E-state index in [4.69, 9.17) is 4.98 Å². The van der Waals surface area contributed by atoms with E-state index in [1.807, 2.05) is 40.1 Å². The van der Waals surface area contributed by atoms with Gasteiger partial charge in [-0.15, -0.1) is 11.3 Å². The van der Waals surface area contributed by atoms with E-state index in [0.29, 0.717) is 38.0 Å². The second kappa shape index (κ2) is 8.16. The predicted octanol–water partition coefficient (Wildman–Crippen LogP) is 3.53. The third-order valence-corrected chi connectivity index (χ3v) is 8.68. The van der Waals surface area contributed by atoms with Crippen LogP contribution in [0.1, 0.15) is 62.2 Å². The number of fused-ring (bicyclic) bond motifs is 1. The number of aromatic nitrogens is 3. The lowest BCUT2D eigenvalue weighted by molar-refractivity contribution is -0.125. The predicted molar refractivity (Wildman–Crippen MR) is 131 cm³/mol. The Kier molecular flexibility index (Phi) is 5.22. The summed E-state index contributed by atoms with van der Waals surface area (Å²) in [5, 5.41) is 14.3. The molecule has 1 saturated carbocycles. The molecule has 0 unspecified atom stereocenters. The van der Waals surface area contributed by atoms with Gasteiger partial charge in [-0.05, 0) is 37.3 Å². The van der Waals surface area contributed by atoms with E-state index in [1.165, 1.54) is 6.42 Å². The first-order valence-electron chi connectivity index (χ1n) is 12.3. The van der Waals surface area contributed by atoms with Crippen LogP contribution in [0, 0.1) is 0 Å². The highest BCUT2D eigenvalue weighted by Gasteiger charge is 2.54. The number of nitrogens with zero attached hydrogens (tertiary/aromatic N) is 4. The summed E-state index contributed by atoms with van der Waals surface area (Å²) in [5.74, 6) is 0.155. The van der Waals surface area contributed by atoms with E-state index in [2.05, 4.69) is 15.7 Å². The van der Waals surface area contributed by atoms with Crippen LogP contribution in [-0.4, -0.2) is 55.8 Å². The summed E-state index contributed by atoms with van der Waals surface area (Å²) in [6, 6.07) is 5.94. The van der Waals surface area contributed by atoms with Crippen LogP contribution in [0.15, 0.2) is 29.8 Å². The van der Waals surface area contributed by atoms with Crippen molar-refractivity contribution in [3.8, 4) is 10.6 Å². The largest absolute Gasteiger partial charge is 0.338 e. The maximum atomic E-state index is 13.8. The number of likely N-dealkylation sites (tertiary alicyclic amines) is 1. The first-order valence-corrected chi connectivity index (χ1v) is 13.2. The summed E-state index contributed by atoms with van der Waals surface area (Å²) in [6.07, 6.45) is 8.40. The molecule has 2 N–H and O–H groups in total. The first kappa shape index (κ1) is 21.7. The number of carbonyl (C=O) groups excluding carboxylic acids is 2. The van der Waals surface area contributed by atoms with Crippen molar-refractivity contribution in [1.82, 2.24) is 30.3 Å². The first-order chi connectivity index (χ1) is 16.5. The van der Waals surface area contributed by atoms with E-state index in [-0.39, 0.29) is 11.8 Å². The fourth-order valence-corrected chi connectivity index (χ4v) is 6.60. The van der Waals surface area contributed by atoms with E-state index >= 15 is 0 Å². The van der Waals surface area contributed by atoms with Gasteiger partial charge in [0.25, 0.3) is 5.91 Å². The Balaban J connectivity index is 1.26. The van der Waals surface area contributed by atoms with Crippen LogP contribution in [0.2, 0.25) is 0 Å². The normalized spacial score (nSPS) is 21.4. The minimum absolute atomic E-state index is 0.00686. The molecule has 0 radical (unpaired) electrons. The molecule has 6 rings (SSSR count). The Labute approximate surface area is 202 Å². The zero-order chi connectivity index (χ0) is 23.3. The lowest BCUT2D eigenvalue weighted by Crippen LogP contribution is -2.60. The molecule has 9 heteroatoms. The van der Waals surface area contributed by atoms with Gasteiger partial charge in [0.05, 0.1) is 38.9 Å². The molecule has 2 saturated heterocycles. The number of hydrogen-bond donors (Lipinski definition) is 2. The van der Waals surface area contributed by atoms with Gasteiger partial charge in [0.1, 0.15) is 0 Å². The number of amides is 2. The van der Waals surface area contributed by atoms with Gasteiger partial charge in [0, 0.05) is 32.5 Å². The summed E-state index contributed by atoms with van der Waals surface area (Å²) in [6.45, 7) is 3.92. The van der Waals surface area contributed by atoms with E-state index in [1.54, 1.807) is 17.5 Å². The number of thiophene rings is 1. The topological polar surface area (TPSA) is 92.2 Å². The van der Waals surface area contributed by atoms with Crippen LogP contribution in [0.3, 0.4) is 0 Å². The fraction of sp³-hybridized carbons (Fsp3) is 0.520. The van der Waals surface area contributed by atoms with Gasteiger partial charge >= 0.3 is 0 Å². The van der Waals surface area contributed by atoms with Gasteiger partial charge in [0.15, 0.2) is 5.65 Å². The smallest absolute Gasteiger partial charge is 0.254 e. The van der Waals surface area contributed by atoms with Crippen molar-refractivity contribution < 1.29 is 9.59 Å². The molecule has 8 nitrogen and oxygen atoms in total. The van der Waals surface area contributed by atoms with Crippen molar-refractivity contribution in [2.75, 3.05) is 13.1 Å². The average Bonchev–Trinajstić information content (AvgIpc) is 3.58. The van der Waals surface area contributed by atoms with E-state index < -0.39 is 11.2 Å². The van der Waals surface area contributed by atoms with Gasteiger partial charge in [0.2, 0.25) is 5.91 Å². The monoisotopic (exact) mass is 478 g/mol. The molecule has 1 aliphatic carbocycles. The average molecular weight is 479 g/mol. The van der Waals surface area contributed by atoms with Crippen molar-refractivity contribution in [3.05, 3.63) is 35.3 Å². The molecule has 0 atom stereocenters. The number of rotatable bonds is 3. The van der Waals surface area contributed by atoms with Crippen LogP contribution in [0.25, 0.3) is 21.6 Å². The van der Waals surface area contributed by atoms with Crippen LogP contribution in [0.5, 0.6) is 0 Å². The van der Waals surface area contributed by atoms with Gasteiger partial charge in [-0.2, -0.15) is 5.10 Å². The Bertz CT molecular complexity index is 1240. The Morgan fingerprint density at radius 2 is 1.97 bits per heavy atom. The fourth-order valence-electron chi connectivity index (χ4n) is 5.91.